The van der Waals surface area contributed by atoms with Gasteiger partial charge in [-0.15, -0.1) is 0 Å². The van der Waals surface area contributed by atoms with Gasteiger partial charge < -0.3 is 0 Å². The van der Waals surface area contributed by atoms with Gasteiger partial charge in [-0.25, -0.2) is 0 Å². The van der Waals surface area contributed by atoms with Crippen LogP contribution in [0.2, 0.25) is 0 Å². The lowest BCUT2D eigenvalue weighted by atomic mass is 9.67. The molecule has 0 amide bonds. The van der Waals surface area contributed by atoms with Crippen LogP contribution in [0.5, 0.6) is 0 Å². The highest BCUT2D eigenvalue weighted by molar-refractivity contribution is 4.84. The molecule has 0 aliphatic heterocycles. The number of hydrogen-bond acceptors (Lipinski definition) is 0. The normalized spacial score (nSPS) is 30.2. The third-order valence-corrected chi connectivity index (χ3v) is 18.7. The summed E-state index contributed by atoms with van der Waals surface area (Å²) in [5.74, 6) is 12.8. The van der Waals surface area contributed by atoms with Gasteiger partial charge >= 0.3 is 0 Å². The fourth-order valence-electron chi connectivity index (χ4n) is 14.4. The van der Waals surface area contributed by atoms with Crippen molar-refractivity contribution in [1.29, 1.82) is 0 Å². The van der Waals surface area contributed by atoms with Crippen molar-refractivity contribution in [1.82, 2.24) is 0 Å². The molecule has 0 unspecified atom stereocenters. The maximum atomic E-state index is 2.48. The minimum atomic E-state index is 1.01. The van der Waals surface area contributed by atoms with Crippen LogP contribution in [0, 0.1) is 71.0 Å². The molecule has 0 radical (unpaired) electrons. The molecule has 8 aliphatic carbocycles. The topological polar surface area (TPSA) is 0 Å². The molecule has 0 heterocycles. The Kier molecular flexibility index (Phi) is 37.4. The second kappa shape index (κ2) is 39.8. The van der Waals surface area contributed by atoms with Crippen LogP contribution in [0.1, 0.15) is 339 Å². The SMILES string of the molecule is C1CCC(CC(CC2CCCCC2)C2CCCCC2)CC1.C1CCCCC1.CC.CC.CC.CC1CCC(CC(CC2CCC(C)CC2)C2CCC(C)CC2)CC1.CC1CCCCC1. The third-order valence-electron chi connectivity index (χ3n) is 18.7. The molecule has 64 heavy (non-hydrogen) atoms. The number of hydrogen-bond donors (Lipinski definition) is 0. The molecular formula is C64H126. The molecule has 0 bridgehead atoms. The molecule has 8 aliphatic rings. The van der Waals surface area contributed by atoms with Crippen LogP contribution in [0.3, 0.4) is 0 Å². The predicted octanol–water partition coefficient (Wildman–Crippen LogP) is 23.0. The van der Waals surface area contributed by atoms with Gasteiger partial charge in [0.05, 0.1) is 0 Å². The zero-order valence-electron chi connectivity index (χ0n) is 46.6. The van der Waals surface area contributed by atoms with E-state index < -0.39 is 0 Å². The minimum absolute atomic E-state index is 1.01. The van der Waals surface area contributed by atoms with Gasteiger partial charge in [0.2, 0.25) is 0 Å². The van der Waals surface area contributed by atoms with Gasteiger partial charge in [-0.3, -0.25) is 0 Å². The van der Waals surface area contributed by atoms with Gasteiger partial charge in [0, 0.05) is 0 Å². The van der Waals surface area contributed by atoms with Crippen LogP contribution in [-0.2, 0) is 0 Å². The summed E-state index contributed by atoms with van der Waals surface area (Å²) in [7, 11) is 0. The first-order valence-electron chi connectivity index (χ1n) is 31.4. The molecule has 8 rings (SSSR count). The minimum Gasteiger partial charge on any atom is -0.0683 e. The molecule has 0 aromatic rings. The molecule has 0 aromatic heterocycles. The van der Waals surface area contributed by atoms with Gasteiger partial charge in [0.1, 0.15) is 0 Å². The van der Waals surface area contributed by atoms with Crippen molar-refractivity contribution in [3.8, 4) is 0 Å². The van der Waals surface area contributed by atoms with Crippen molar-refractivity contribution >= 4 is 0 Å². The Morgan fingerprint density at radius 2 is 0.422 bits per heavy atom. The van der Waals surface area contributed by atoms with Crippen molar-refractivity contribution in [2.24, 2.45) is 71.0 Å². The first kappa shape index (κ1) is 60.1. The van der Waals surface area contributed by atoms with E-state index in [0.29, 0.717) is 0 Å². The lowest BCUT2D eigenvalue weighted by molar-refractivity contribution is 0.125. The summed E-state index contributed by atoms with van der Waals surface area (Å²) >= 11 is 0. The summed E-state index contributed by atoms with van der Waals surface area (Å²) in [5, 5.41) is 0. The Morgan fingerprint density at radius 1 is 0.219 bits per heavy atom. The van der Waals surface area contributed by atoms with E-state index in [2.05, 4.69) is 27.7 Å². The first-order valence-corrected chi connectivity index (χ1v) is 31.4. The molecule has 8 fully saturated rings. The summed E-state index contributed by atoms with van der Waals surface area (Å²) in [4.78, 5) is 0. The van der Waals surface area contributed by atoms with E-state index in [1.165, 1.54) is 167 Å². The fraction of sp³-hybridized carbons (Fsp3) is 1.00. The molecule has 0 heteroatoms. The molecule has 0 aromatic carbocycles. The van der Waals surface area contributed by atoms with E-state index >= 15 is 0 Å². The van der Waals surface area contributed by atoms with Crippen LogP contribution >= 0.6 is 0 Å². The largest absolute Gasteiger partial charge is 0.0683 e. The highest BCUT2D eigenvalue weighted by Crippen LogP contribution is 2.45. The van der Waals surface area contributed by atoms with E-state index in [9.17, 15) is 0 Å². The smallest absolute Gasteiger partial charge is 0.0381 e. The monoisotopic (exact) mass is 895 g/mol. The average molecular weight is 896 g/mol. The summed E-state index contributed by atoms with van der Waals surface area (Å²) in [6.07, 6.45) is 64.4. The van der Waals surface area contributed by atoms with Crippen LogP contribution in [0.25, 0.3) is 0 Å². The van der Waals surface area contributed by atoms with Gasteiger partial charge in [-0.1, -0.05) is 300 Å². The van der Waals surface area contributed by atoms with Gasteiger partial charge in [-0.05, 0) is 110 Å². The molecule has 0 nitrogen and oxygen atoms in total. The summed E-state index contributed by atoms with van der Waals surface area (Å²) in [6, 6.07) is 0. The number of rotatable bonds is 10. The van der Waals surface area contributed by atoms with Crippen LogP contribution in [0.4, 0.5) is 0 Å². The molecular weight excluding hydrogens is 769 g/mol. The van der Waals surface area contributed by atoms with E-state index in [0.717, 1.165) is 71.0 Å². The van der Waals surface area contributed by atoms with Gasteiger partial charge in [0.25, 0.3) is 0 Å². The highest BCUT2D eigenvalue weighted by atomic mass is 14.4. The van der Waals surface area contributed by atoms with Crippen molar-refractivity contribution in [3.63, 3.8) is 0 Å². The Morgan fingerprint density at radius 3 is 0.703 bits per heavy atom. The maximum absolute atomic E-state index is 2.48. The summed E-state index contributed by atoms with van der Waals surface area (Å²) in [6.45, 7) is 21.8. The van der Waals surface area contributed by atoms with Crippen molar-refractivity contribution in [3.05, 3.63) is 0 Å². The molecule has 382 valence electrons. The Balaban J connectivity index is 0.000000316. The molecule has 0 atom stereocenters. The lowest BCUT2D eigenvalue weighted by Gasteiger charge is -2.39. The summed E-state index contributed by atoms with van der Waals surface area (Å²) in [5.41, 5.74) is 0. The Bertz CT molecular complexity index is 873. The van der Waals surface area contributed by atoms with Crippen LogP contribution in [0.15, 0.2) is 0 Å². The molecule has 0 saturated heterocycles. The van der Waals surface area contributed by atoms with E-state index in [-0.39, 0.29) is 0 Å². The second-order valence-electron chi connectivity index (χ2n) is 24.0. The van der Waals surface area contributed by atoms with E-state index in [4.69, 9.17) is 0 Å². The standard InChI is InChI=1S/C24H44.C21H38.C7H14.C6H12.3C2H6/c1-18-4-10-21(11-5-18)16-24(23-14-8-20(3)9-15-23)17-22-12-6-19(2)7-13-22;1-4-10-18(11-5-1)16-21(20-14-8-3-9-15-20)17-19-12-6-2-7-13-19;1-7-5-3-2-4-6-7;1-2-4-6-5-3-1;3*1-2/h18-24H,4-17H2,1-3H3;18-21H,1-17H2;7H,2-6H2,1H3;1-6H2;3*1-2H3. The predicted molar refractivity (Wildman–Crippen MR) is 293 cm³/mol. The van der Waals surface area contributed by atoms with Crippen LogP contribution < -0.4 is 0 Å². The van der Waals surface area contributed by atoms with Crippen molar-refractivity contribution in [2.45, 2.75) is 339 Å². The average Bonchev–Trinajstić information content (AvgIpc) is 3.37. The lowest BCUT2D eigenvalue weighted by Crippen LogP contribution is -2.27. The first-order chi connectivity index (χ1) is 31.4. The third kappa shape index (κ3) is 27.3. The molecule has 8 saturated carbocycles. The fourth-order valence-corrected chi connectivity index (χ4v) is 14.4. The highest BCUT2D eigenvalue weighted by Gasteiger charge is 2.33. The quantitative estimate of drug-likeness (QED) is 0.205. The molecule has 0 spiro atoms. The second-order valence-corrected chi connectivity index (χ2v) is 24.0. The van der Waals surface area contributed by atoms with Crippen molar-refractivity contribution in [2.75, 3.05) is 0 Å². The van der Waals surface area contributed by atoms with E-state index in [1.807, 2.05) is 41.5 Å². The Labute approximate surface area is 408 Å². The maximum Gasteiger partial charge on any atom is -0.0381 e. The van der Waals surface area contributed by atoms with Crippen LogP contribution in [-0.4, -0.2) is 0 Å². The Hall–Kier alpha value is 0. The van der Waals surface area contributed by atoms with Gasteiger partial charge in [-0.2, -0.15) is 0 Å². The van der Waals surface area contributed by atoms with Crippen molar-refractivity contribution < 1.29 is 0 Å². The zero-order valence-corrected chi connectivity index (χ0v) is 46.6. The summed E-state index contributed by atoms with van der Waals surface area (Å²) < 4.78 is 0. The molecule has 0 N–H and O–H groups in total. The van der Waals surface area contributed by atoms with E-state index in [1.54, 1.807) is 103 Å². The zero-order chi connectivity index (χ0) is 46.6. The van der Waals surface area contributed by atoms with Gasteiger partial charge in [0.15, 0.2) is 0 Å².